The van der Waals surface area contributed by atoms with E-state index >= 15 is 0 Å². The van der Waals surface area contributed by atoms with Crippen LogP contribution in [0.2, 0.25) is 0 Å². The molecule has 1 aliphatic carbocycles. The van der Waals surface area contributed by atoms with E-state index in [1.807, 2.05) is 19.1 Å². The van der Waals surface area contributed by atoms with Crippen LogP contribution in [0.4, 0.5) is 5.69 Å². The summed E-state index contributed by atoms with van der Waals surface area (Å²) >= 11 is 0. The van der Waals surface area contributed by atoms with E-state index in [0.717, 1.165) is 31.4 Å². The molecule has 5 heteroatoms. The molecule has 1 amide bonds. The Labute approximate surface area is 145 Å². The molecule has 0 aliphatic heterocycles. The van der Waals surface area contributed by atoms with E-state index in [2.05, 4.69) is 12.2 Å². The van der Waals surface area contributed by atoms with Crippen LogP contribution in [-0.2, 0) is 4.74 Å². The molecule has 1 aromatic carbocycles. The predicted octanol–water partition coefficient (Wildman–Crippen LogP) is 3.86. The lowest BCUT2D eigenvalue weighted by molar-refractivity contribution is -0.0669. The molecule has 3 N–H and O–H groups in total. The summed E-state index contributed by atoms with van der Waals surface area (Å²) in [6, 6.07) is 5.44. The molecule has 23 heavy (non-hydrogen) atoms. The molecular weight excluding hydrogens is 312 g/mol. The van der Waals surface area contributed by atoms with Gasteiger partial charge in [-0.15, -0.1) is 12.4 Å². The number of benzene rings is 1. The monoisotopic (exact) mass is 340 g/mol. The Bertz CT molecular complexity index is 514. The van der Waals surface area contributed by atoms with Gasteiger partial charge in [0.2, 0.25) is 0 Å². The number of rotatable bonds is 6. The number of carbonyl (C=O) groups excluding carboxylic acids is 1. The molecule has 1 saturated carbocycles. The van der Waals surface area contributed by atoms with Crippen molar-refractivity contribution >= 4 is 24.0 Å². The minimum Gasteiger partial charge on any atom is -0.399 e. The number of aryl methyl sites for hydroxylation is 1. The Kier molecular flexibility index (Phi) is 7.86. The van der Waals surface area contributed by atoms with Crippen molar-refractivity contribution < 1.29 is 9.53 Å². The number of amides is 1. The number of carbonyl (C=O) groups is 1. The number of hydrogen-bond donors (Lipinski definition) is 2. The molecule has 0 saturated heterocycles. The topological polar surface area (TPSA) is 64.3 Å². The maximum atomic E-state index is 12.5. The van der Waals surface area contributed by atoms with E-state index in [1.54, 1.807) is 6.07 Å². The summed E-state index contributed by atoms with van der Waals surface area (Å²) in [5, 5.41) is 3.07. The van der Waals surface area contributed by atoms with Crippen LogP contribution in [0.15, 0.2) is 18.2 Å². The van der Waals surface area contributed by atoms with E-state index in [4.69, 9.17) is 10.5 Å². The Balaban J connectivity index is 0.00000264. The van der Waals surface area contributed by atoms with Crippen molar-refractivity contribution in [3.05, 3.63) is 29.3 Å². The summed E-state index contributed by atoms with van der Waals surface area (Å²) < 4.78 is 6.12. The first-order valence-electron chi connectivity index (χ1n) is 8.34. The van der Waals surface area contributed by atoms with Gasteiger partial charge in [0, 0.05) is 24.4 Å². The third kappa shape index (κ3) is 5.40. The number of nitrogen functional groups attached to an aromatic ring is 1. The van der Waals surface area contributed by atoms with E-state index in [0.29, 0.717) is 17.8 Å². The van der Waals surface area contributed by atoms with E-state index < -0.39 is 0 Å². The van der Waals surface area contributed by atoms with Crippen molar-refractivity contribution in [2.24, 2.45) is 0 Å². The summed E-state index contributed by atoms with van der Waals surface area (Å²) in [6.07, 6.45) is 6.68. The van der Waals surface area contributed by atoms with Gasteiger partial charge in [0.15, 0.2) is 0 Å². The summed E-state index contributed by atoms with van der Waals surface area (Å²) in [7, 11) is 0. The second-order valence-electron chi connectivity index (χ2n) is 6.35. The Hall–Kier alpha value is -1.26. The average molecular weight is 341 g/mol. The van der Waals surface area contributed by atoms with Gasteiger partial charge >= 0.3 is 0 Å². The van der Waals surface area contributed by atoms with Crippen molar-refractivity contribution in [1.82, 2.24) is 5.32 Å². The van der Waals surface area contributed by atoms with E-state index in [9.17, 15) is 4.79 Å². The van der Waals surface area contributed by atoms with Crippen molar-refractivity contribution in [2.75, 3.05) is 18.9 Å². The SMILES string of the molecule is CCCOC1(CNC(=O)c2cc(N)ccc2C)CCCCC1.Cl. The first-order chi connectivity index (χ1) is 10.6. The first-order valence-corrected chi connectivity index (χ1v) is 8.34. The molecular formula is C18H29ClN2O2. The highest BCUT2D eigenvalue weighted by Crippen LogP contribution is 2.31. The van der Waals surface area contributed by atoms with Crippen LogP contribution < -0.4 is 11.1 Å². The zero-order valence-electron chi connectivity index (χ0n) is 14.2. The second-order valence-corrected chi connectivity index (χ2v) is 6.35. The quantitative estimate of drug-likeness (QED) is 0.773. The smallest absolute Gasteiger partial charge is 0.251 e. The number of nitrogens with one attached hydrogen (secondary N) is 1. The highest BCUT2D eigenvalue weighted by molar-refractivity contribution is 5.96. The Morgan fingerprint density at radius 1 is 1.30 bits per heavy atom. The van der Waals surface area contributed by atoms with Gasteiger partial charge in [0.25, 0.3) is 5.91 Å². The third-order valence-corrected chi connectivity index (χ3v) is 4.45. The molecule has 1 aromatic rings. The minimum absolute atomic E-state index is 0. The first kappa shape index (κ1) is 19.8. The fraction of sp³-hybridized carbons (Fsp3) is 0.611. The number of hydrogen-bond acceptors (Lipinski definition) is 3. The van der Waals surface area contributed by atoms with Crippen LogP contribution in [0, 0.1) is 6.92 Å². The highest BCUT2D eigenvalue weighted by atomic mass is 35.5. The van der Waals surface area contributed by atoms with Crippen LogP contribution in [-0.4, -0.2) is 24.7 Å². The van der Waals surface area contributed by atoms with E-state index in [1.165, 1.54) is 19.3 Å². The van der Waals surface area contributed by atoms with Crippen LogP contribution in [0.3, 0.4) is 0 Å². The van der Waals surface area contributed by atoms with Crippen molar-refractivity contribution in [3.63, 3.8) is 0 Å². The fourth-order valence-corrected chi connectivity index (χ4v) is 3.11. The van der Waals surface area contributed by atoms with Crippen molar-refractivity contribution in [2.45, 2.75) is 58.0 Å². The maximum absolute atomic E-state index is 12.5. The molecule has 2 rings (SSSR count). The Morgan fingerprint density at radius 3 is 2.65 bits per heavy atom. The van der Waals surface area contributed by atoms with Gasteiger partial charge in [-0.3, -0.25) is 4.79 Å². The van der Waals surface area contributed by atoms with Crippen LogP contribution in [0.5, 0.6) is 0 Å². The summed E-state index contributed by atoms with van der Waals surface area (Å²) in [4.78, 5) is 12.5. The normalized spacial score (nSPS) is 16.4. The standard InChI is InChI=1S/C18H28N2O2.ClH/c1-3-11-22-18(9-5-4-6-10-18)13-20-17(21)16-12-15(19)8-7-14(16)2;/h7-8,12H,3-6,9-11,13,19H2,1-2H3,(H,20,21);1H. The molecule has 1 aliphatic rings. The van der Waals surface area contributed by atoms with Crippen LogP contribution in [0.1, 0.15) is 61.4 Å². The molecule has 0 heterocycles. The summed E-state index contributed by atoms with van der Waals surface area (Å²) in [5.41, 5.74) is 7.82. The molecule has 0 radical (unpaired) electrons. The Morgan fingerprint density at radius 2 is 2.00 bits per heavy atom. The molecule has 0 unspecified atom stereocenters. The number of ether oxygens (including phenoxy) is 1. The third-order valence-electron chi connectivity index (χ3n) is 4.45. The van der Waals surface area contributed by atoms with Crippen LogP contribution in [0.25, 0.3) is 0 Å². The molecule has 0 spiro atoms. The second kappa shape index (κ2) is 9.14. The molecule has 1 fully saturated rings. The van der Waals surface area contributed by atoms with Gasteiger partial charge in [-0.05, 0) is 43.9 Å². The number of nitrogens with two attached hydrogens (primary N) is 1. The fourth-order valence-electron chi connectivity index (χ4n) is 3.11. The molecule has 0 bridgehead atoms. The van der Waals surface area contributed by atoms with E-state index in [-0.39, 0.29) is 23.9 Å². The number of halogens is 1. The van der Waals surface area contributed by atoms with Crippen LogP contribution >= 0.6 is 12.4 Å². The highest BCUT2D eigenvalue weighted by Gasteiger charge is 2.33. The lowest BCUT2D eigenvalue weighted by Gasteiger charge is -2.37. The lowest BCUT2D eigenvalue weighted by atomic mass is 9.84. The lowest BCUT2D eigenvalue weighted by Crippen LogP contribution is -2.46. The van der Waals surface area contributed by atoms with Gasteiger partial charge in [0.05, 0.1) is 5.60 Å². The van der Waals surface area contributed by atoms with Gasteiger partial charge < -0.3 is 15.8 Å². The number of anilines is 1. The van der Waals surface area contributed by atoms with Gasteiger partial charge in [-0.1, -0.05) is 32.3 Å². The molecule has 0 aromatic heterocycles. The van der Waals surface area contributed by atoms with Gasteiger partial charge in [0.1, 0.15) is 0 Å². The maximum Gasteiger partial charge on any atom is 0.251 e. The summed E-state index contributed by atoms with van der Waals surface area (Å²) in [6.45, 7) is 5.39. The zero-order valence-corrected chi connectivity index (χ0v) is 15.0. The molecule has 0 atom stereocenters. The summed E-state index contributed by atoms with van der Waals surface area (Å²) in [5.74, 6) is -0.0603. The zero-order chi connectivity index (χ0) is 16.0. The largest absolute Gasteiger partial charge is 0.399 e. The van der Waals surface area contributed by atoms with Crippen molar-refractivity contribution in [1.29, 1.82) is 0 Å². The molecule has 130 valence electrons. The van der Waals surface area contributed by atoms with Gasteiger partial charge in [-0.2, -0.15) is 0 Å². The van der Waals surface area contributed by atoms with Crippen molar-refractivity contribution in [3.8, 4) is 0 Å². The predicted molar refractivity (Wildman–Crippen MR) is 97.2 cm³/mol. The van der Waals surface area contributed by atoms with Gasteiger partial charge in [-0.25, -0.2) is 0 Å². The minimum atomic E-state index is -0.182. The average Bonchev–Trinajstić information content (AvgIpc) is 2.54. The molecule has 4 nitrogen and oxygen atoms in total.